The molecule has 4 heterocycles. The Morgan fingerprint density at radius 2 is 1.00 bits per heavy atom. The monoisotopic (exact) mass is 1410 g/mol. The molecule has 21 nitrogen and oxygen atoms in total. The summed E-state index contributed by atoms with van der Waals surface area (Å²) in [5.74, 6) is 0.344. The Kier molecular flexibility index (Phi) is 36.4. The zero-order valence-corrected chi connectivity index (χ0v) is 60.9. The zero-order chi connectivity index (χ0) is 69.6. The molecule has 27 heteroatoms. The molecule has 0 bridgehead atoms. The number of likely N-dealkylation sites (N-methyl/N-ethyl adjacent to an activating group) is 2. The third kappa shape index (κ3) is 27.6. The molecule has 4 aromatic rings. The maximum Gasteiger partial charge on any atom is 0.414 e. The van der Waals surface area contributed by atoms with E-state index in [-0.39, 0.29) is 48.7 Å². The van der Waals surface area contributed by atoms with Gasteiger partial charge in [0.15, 0.2) is 0 Å². The van der Waals surface area contributed by atoms with E-state index in [1.165, 1.54) is 41.6 Å². The number of amides is 6. The highest BCUT2D eigenvalue weighted by atomic mass is 35.5. The van der Waals surface area contributed by atoms with E-state index < -0.39 is 29.9 Å². The average Bonchev–Trinajstić information content (AvgIpc) is 1.94. The number of nitrogens with one attached hydrogen (secondary N) is 3. The van der Waals surface area contributed by atoms with Crippen molar-refractivity contribution >= 4 is 128 Å². The van der Waals surface area contributed by atoms with Crippen LogP contribution in [0.4, 0.5) is 52.5 Å². The minimum atomic E-state index is -0.522. The van der Waals surface area contributed by atoms with Crippen molar-refractivity contribution in [2.75, 3.05) is 175 Å². The number of hydrogen-bond donors (Lipinski definition) is 4. The second kappa shape index (κ2) is 42.8. The Labute approximate surface area is 588 Å². The SMILES string of the molecule is CCC(=S)NC[C@H]1CN(c2ccc(N3CCN(C(=O)CCCc4ccc(NC(=O)CN(C)C)cc4)CC3)c(F)c2)C(=O)O1.CCN(CC)CC.CCSC(C)=S.CN(C)CC(=O)Nc1ccc(CCCC(=O)N2CCN(c3ccc(N4C[C@H](CN)OC4=O)cc3F)CC2)cc1.Cl. The quantitative estimate of drug-likeness (QED) is 0.0431. The van der Waals surface area contributed by atoms with Crippen LogP contribution < -0.4 is 41.3 Å². The van der Waals surface area contributed by atoms with Gasteiger partial charge >= 0.3 is 12.2 Å². The highest BCUT2D eigenvalue weighted by Crippen LogP contribution is 2.31. The number of nitrogens with two attached hydrogens (primary N) is 1. The molecule has 0 radical (unpaired) electrons. The van der Waals surface area contributed by atoms with Crippen LogP contribution >= 0.6 is 48.6 Å². The topological polar surface area (TPSA) is 212 Å². The highest BCUT2D eigenvalue weighted by Gasteiger charge is 2.35. The summed E-state index contributed by atoms with van der Waals surface area (Å²) in [4.78, 5) is 90.9. The van der Waals surface area contributed by atoms with E-state index in [0.717, 1.165) is 58.1 Å². The standard InChI is InChI=1S/C31H41FN6O4S.C28H37FN6O4.C6H15N.C4H8S2.ClH/c1-4-29(43)33-19-25-20-38(31(41)42-25)24-12-13-27(26(32)18-24)36-14-16-37(17-15-36)30(40)7-5-6-22-8-10-23(11-9-22)34-28(39)21-35(2)3;1-32(2)19-26(36)31-21-8-6-20(7-9-21)4-3-5-27(37)34-14-12-33(13-15-34)25-11-10-22(16-24(25)29)35-18-23(17-30)39-28(35)38;1-4-7(5-2)6-3;1-3-6-4(2)5;/h8-13,18,25H,4-7,14-17,19-21H2,1-3H3,(H,33,43)(H,34,39);6-11,16,23H,3-5,12-15,17-19,30H2,1-2H3,(H,31,36);4-6H2,1-3H3;3H2,1-2H3;1H/t25-;23-;;;/m00.../s1. The van der Waals surface area contributed by atoms with Crippen LogP contribution in [0.5, 0.6) is 0 Å². The molecule has 5 N–H and O–H groups in total. The van der Waals surface area contributed by atoms with Gasteiger partial charge in [-0.1, -0.05) is 83.3 Å². The number of nitrogens with zero attached hydrogens (tertiary/aromatic N) is 9. The molecule has 4 aromatic carbocycles. The number of anilines is 6. The largest absolute Gasteiger partial charge is 0.443 e. The number of benzene rings is 4. The van der Waals surface area contributed by atoms with Gasteiger partial charge in [0.05, 0.1) is 60.5 Å². The van der Waals surface area contributed by atoms with E-state index >= 15 is 4.39 Å². The first kappa shape index (κ1) is 81.6. The molecule has 0 unspecified atom stereocenters. The van der Waals surface area contributed by atoms with Gasteiger partial charge in [-0.15, -0.1) is 24.2 Å². The number of thiocarbonyl (C=S) groups is 2. The van der Waals surface area contributed by atoms with Gasteiger partial charge in [0.2, 0.25) is 23.6 Å². The molecule has 2 atom stereocenters. The molecule has 0 spiro atoms. The summed E-state index contributed by atoms with van der Waals surface area (Å²) in [7, 11) is 7.38. The molecule has 0 aliphatic carbocycles. The van der Waals surface area contributed by atoms with E-state index in [0.29, 0.717) is 132 Å². The van der Waals surface area contributed by atoms with Crippen LogP contribution in [0.15, 0.2) is 84.9 Å². The molecule has 8 rings (SSSR count). The molecular weight excluding hydrogens is 1310 g/mol. The lowest BCUT2D eigenvalue weighted by Crippen LogP contribution is -2.49. The summed E-state index contributed by atoms with van der Waals surface area (Å²) >= 11 is 11.6. The lowest BCUT2D eigenvalue weighted by Gasteiger charge is -2.36. The second-order valence-corrected chi connectivity index (χ2v) is 26.7. The van der Waals surface area contributed by atoms with E-state index in [1.807, 2.05) is 120 Å². The summed E-state index contributed by atoms with van der Waals surface area (Å²) in [6.45, 7) is 22.2. The number of carbonyl (C=O) groups excluding carboxylic acids is 6. The van der Waals surface area contributed by atoms with Gasteiger partial charge in [-0.25, -0.2) is 18.4 Å². The van der Waals surface area contributed by atoms with Gasteiger partial charge < -0.3 is 65.5 Å². The number of piperazine rings is 2. The van der Waals surface area contributed by atoms with Crippen LogP contribution in [0.1, 0.15) is 84.8 Å². The number of cyclic esters (lactones) is 2. The van der Waals surface area contributed by atoms with Crippen molar-refractivity contribution in [1.82, 2.24) is 29.8 Å². The first-order chi connectivity index (χ1) is 45.5. The zero-order valence-electron chi connectivity index (χ0n) is 57.7. The fourth-order valence-electron chi connectivity index (χ4n) is 10.8. The number of halogens is 3. The third-order valence-electron chi connectivity index (χ3n) is 16.1. The smallest absolute Gasteiger partial charge is 0.414 e. The molecule has 4 fully saturated rings. The van der Waals surface area contributed by atoms with Crippen LogP contribution in [0.2, 0.25) is 0 Å². The molecule has 96 heavy (non-hydrogen) atoms. The molecule has 6 amide bonds. The predicted molar refractivity (Wildman–Crippen MR) is 396 cm³/mol. The first-order valence-electron chi connectivity index (χ1n) is 33.0. The van der Waals surface area contributed by atoms with E-state index in [9.17, 15) is 33.2 Å². The van der Waals surface area contributed by atoms with Gasteiger partial charge in [-0.05, 0) is 164 Å². The van der Waals surface area contributed by atoms with Crippen molar-refractivity contribution in [1.29, 1.82) is 0 Å². The van der Waals surface area contributed by atoms with E-state index in [2.05, 4.69) is 48.5 Å². The number of rotatable bonds is 26. The van der Waals surface area contributed by atoms with E-state index in [1.54, 1.807) is 36.0 Å². The molecule has 0 saturated carbocycles. The lowest BCUT2D eigenvalue weighted by atomic mass is 10.1. The average molecular weight is 1410 g/mol. The minimum Gasteiger partial charge on any atom is -0.443 e. The lowest BCUT2D eigenvalue weighted by molar-refractivity contribution is -0.132. The van der Waals surface area contributed by atoms with Crippen LogP contribution in [-0.2, 0) is 41.5 Å². The predicted octanol–water partition coefficient (Wildman–Crippen LogP) is 9.79. The Morgan fingerprint density at radius 1 is 0.604 bits per heavy atom. The number of hydrogen-bond acceptors (Lipinski definition) is 17. The van der Waals surface area contributed by atoms with Gasteiger partial charge in [0, 0.05) is 87.3 Å². The maximum absolute atomic E-state index is 15.2. The maximum atomic E-state index is 15.2. The number of carbonyl (C=O) groups is 6. The number of thioether (sulfide) groups is 1. The van der Waals surface area contributed by atoms with Crippen molar-refractivity contribution in [3.8, 4) is 0 Å². The van der Waals surface area contributed by atoms with Gasteiger partial charge in [0.25, 0.3) is 0 Å². The van der Waals surface area contributed by atoms with Crippen molar-refractivity contribution in [3.63, 3.8) is 0 Å². The Hall–Kier alpha value is -6.78. The number of aryl methyl sites for hydroxylation is 2. The molecule has 530 valence electrons. The summed E-state index contributed by atoms with van der Waals surface area (Å²) in [5.41, 5.74) is 11.1. The molecule has 0 aromatic heterocycles. The van der Waals surface area contributed by atoms with Crippen LogP contribution in [0.25, 0.3) is 0 Å². The normalized spacial score (nSPS) is 15.9. The van der Waals surface area contributed by atoms with Gasteiger partial charge in [0.1, 0.15) is 23.8 Å². The highest BCUT2D eigenvalue weighted by molar-refractivity contribution is 8.23. The summed E-state index contributed by atoms with van der Waals surface area (Å²) in [5, 5.41) is 8.81. The van der Waals surface area contributed by atoms with Gasteiger partial charge in [-0.2, -0.15) is 0 Å². The van der Waals surface area contributed by atoms with Crippen molar-refractivity contribution in [3.05, 3.63) is 108 Å². The van der Waals surface area contributed by atoms with Crippen LogP contribution in [-0.4, -0.2) is 227 Å². The Morgan fingerprint density at radius 3 is 1.31 bits per heavy atom. The Bertz CT molecular complexity index is 3120. The second-order valence-electron chi connectivity index (χ2n) is 23.9. The van der Waals surface area contributed by atoms with Crippen molar-refractivity contribution in [2.45, 2.75) is 98.7 Å². The van der Waals surface area contributed by atoms with Crippen LogP contribution in [0.3, 0.4) is 0 Å². The first-order valence-corrected chi connectivity index (χ1v) is 34.8. The summed E-state index contributed by atoms with van der Waals surface area (Å²) in [6.07, 6.45) is 2.81. The van der Waals surface area contributed by atoms with Crippen molar-refractivity contribution in [2.24, 2.45) is 5.73 Å². The van der Waals surface area contributed by atoms with E-state index in [4.69, 9.17) is 39.6 Å². The third-order valence-corrected chi connectivity index (χ3v) is 17.6. The Balaban J connectivity index is 0.000000342. The fraction of sp³-hybridized carbons (Fsp3) is 0.536. The van der Waals surface area contributed by atoms with Gasteiger partial charge in [-0.3, -0.25) is 29.0 Å². The summed E-state index contributed by atoms with van der Waals surface area (Å²) in [6, 6.07) is 24.9. The molecular formula is C69H102ClF2N13O8S3. The van der Waals surface area contributed by atoms with Crippen molar-refractivity contribution < 1.29 is 47.0 Å². The summed E-state index contributed by atoms with van der Waals surface area (Å²) < 4.78 is 41.7. The molecule has 4 saturated heterocycles. The molecule has 4 aliphatic heterocycles. The minimum absolute atomic E-state index is 0. The van der Waals surface area contributed by atoms with Crippen LogP contribution in [0, 0.1) is 11.6 Å². The molecule has 4 aliphatic rings. The fourth-order valence-corrected chi connectivity index (χ4v) is 11.7. The number of ether oxygens (including phenoxy) is 2.